The Bertz CT molecular complexity index is 933. The Hall–Kier alpha value is -2.90. The number of ether oxygens (including phenoxy) is 1. The molecule has 1 saturated heterocycles. The molecule has 1 aromatic heterocycles. The number of piperidine rings is 1. The van der Waals surface area contributed by atoms with E-state index in [4.69, 9.17) is 4.74 Å². The summed E-state index contributed by atoms with van der Waals surface area (Å²) < 4.78 is 6.98. The van der Waals surface area contributed by atoms with Crippen molar-refractivity contribution in [3.8, 4) is 5.75 Å². The van der Waals surface area contributed by atoms with Gasteiger partial charge in [-0.05, 0) is 56.2 Å². The van der Waals surface area contributed by atoms with Crippen molar-refractivity contribution in [2.45, 2.75) is 56.5 Å². The Morgan fingerprint density at radius 3 is 2.58 bits per heavy atom. The van der Waals surface area contributed by atoms with Gasteiger partial charge in [-0.15, -0.1) is 5.10 Å². The molecule has 2 heterocycles. The smallest absolute Gasteiger partial charge is 0.275 e. The van der Waals surface area contributed by atoms with Gasteiger partial charge in [0.05, 0.1) is 18.7 Å². The molecule has 1 saturated carbocycles. The quantitative estimate of drug-likeness (QED) is 0.681. The van der Waals surface area contributed by atoms with Crippen LogP contribution in [-0.2, 0) is 16.8 Å². The molecule has 2 amide bonds. The second-order valence-electron chi connectivity index (χ2n) is 8.81. The van der Waals surface area contributed by atoms with E-state index in [0.29, 0.717) is 12.2 Å². The molecule has 0 N–H and O–H groups in total. The third-order valence-corrected chi connectivity index (χ3v) is 6.55. The molecule has 8 nitrogen and oxygen atoms in total. The second kappa shape index (κ2) is 8.69. The molecule has 1 aromatic carbocycles. The fourth-order valence-corrected chi connectivity index (χ4v) is 4.52. The van der Waals surface area contributed by atoms with Gasteiger partial charge < -0.3 is 14.5 Å². The molecule has 0 bridgehead atoms. The third kappa shape index (κ3) is 4.29. The van der Waals surface area contributed by atoms with E-state index >= 15 is 0 Å². The largest absolute Gasteiger partial charge is 0.497 e. The van der Waals surface area contributed by atoms with Crippen molar-refractivity contribution in [1.82, 2.24) is 24.8 Å². The monoisotopic (exact) mass is 425 g/mol. The fraction of sp³-hybridized carbons (Fsp3) is 0.565. The first-order valence-electron chi connectivity index (χ1n) is 11.0. The normalized spacial score (nSPS) is 19.7. The van der Waals surface area contributed by atoms with Crippen LogP contribution in [0.15, 0.2) is 30.5 Å². The summed E-state index contributed by atoms with van der Waals surface area (Å²) in [6.45, 7) is 1.45. The Labute approximate surface area is 183 Å². The first kappa shape index (κ1) is 21.3. The highest BCUT2D eigenvalue weighted by Gasteiger charge is 2.54. The number of methoxy groups -OCH3 is 1. The van der Waals surface area contributed by atoms with E-state index in [1.54, 1.807) is 32.1 Å². The van der Waals surface area contributed by atoms with Crippen LogP contribution in [0.3, 0.4) is 0 Å². The number of hydrogen-bond donors (Lipinski definition) is 0. The number of likely N-dealkylation sites (tertiary alicyclic amines) is 1. The Kier molecular flexibility index (Phi) is 5.98. The molecule has 166 valence electrons. The Balaban J connectivity index is 1.44. The van der Waals surface area contributed by atoms with Gasteiger partial charge in [0.2, 0.25) is 5.91 Å². The van der Waals surface area contributed by atoms with E-state index in [0.717, 1.165) is 56.4 Å². The summed E-state index contributed by atoms with van der Waals surface area (Å²) in [4.78, 5) is 29.3. The summed E-state index contributed by atoms with van der Waals surface area (Å²) in [5.41, 5.74) is 1.06. The number of benzene rings is 1. The highest BCUT2D eigenvalue weighted by atomic mass is 16.5. The van der Waals surface area contributed by atoms with Crippen LogP contribution in [0.5, 0.6) is 5.75 Å². The fourth-order valence-electron chi connectivity index (χ4n) is 4.52. The van der Waals surface area contributed by atoms with Gasteiger partial charge >= 0.3 is 0 Å². The predicted octanol–water partition coefficient (Wildman–Crippen LogP) is 2.49. The molecule has 1 atom stereocenters. The molecule has 31 heavy (non-hydrogen) atoms. The molecular formula is C23H31N5O3. The minimum Gasteiger partial charge on any atom is -0.497 e. The molecule has 2 fully saturated rings. The number of carbonyl (C=O) groups excluding carboxylic acids is 2. The summed E-state index contributed by atoms with van der Waals surface area (Å²) in [7, 11) is 5.05. The maximum absolute atomic E-state index is 13.6. The zero-order valence-corrected chi connectivity index (χ0v) is 18.6. The van der Waals surface area contributed by atoms with E-state index in [-0.39, 0.29) is 23.3 Å². The van der Waals surface area contributed by atoms with Gasteiger partial charge in [-0.3, -0.25) is 14.3 Å². The van der Waals surface area contributed by atoms with Crippen molar-refractivity contribution in [3.05, 3.63) is 41.7 Å². The van der Waals surface area contributed by atoms with Gasteiger partial charge in [0.1, 0.15) is 5.75 Å². The zero-order valence-electron chi connectivity index (χ0n) is 18.6. The minimum atomic E-state index is -0.375. The van der Waals surface area contributed by atoms with E-state index in [1.165, 1.54) is 4.90 Å². The maximum atomic E-state index is 13.6. The summed E-state index contributed by atoms with van der Waals surface area (Å²) in [5, 5.41) is 8.09. The first-order chi connectivity index (χ1) is 14.9. The number of amides is 2. The number of rotatable bonds is 7. The van der Waals surface area contributed by atoms with Crippen LogP contribution in [0.2, 0.25) is 0 Å². The standard InChI is InChI=1S/C23H31N5O3/c1-26(2)21(29)20-16-27(25-24-20)15-11-18-6-4-5-14-28(18)22(30)23(12-13-23)17-7-9-19(31-3)10-8-17/h7-10,16,18H,4-6,11-15H2,1-3H3. The predicted molar refractivity (Wildman–Crippen MR) is 116 cm³/mol. The average molecular weight is 426 g/mol. The van der Waals surface area contributed by atoms with Gasteiger partial charge in [-0.1, -0.05) is 17.3 Å². The van der Waals surface area contributed by atoms with Gasteiger partial charge in [-0.25, -0.2) is 0 Å². The summed E-state index contributed by atoms with van der Waals surface area (Å²) in [5.74, 6) is 0.906. The first-order valence-corrected chi connectivity index (χ1v) is 11.0. The van der Waals surface area contributed by atoms with Crippen molar-refractivity contribution in [3.63, 3.8) is 0 Å². The molecular weight excluding hydrogens is 394 g/mol. The zero-order chi connectivity index (χ0) is 22.0. The SMILES string of the molecule is COc1ccc(C2(C(=O)N3CCCCC3CCn3cc(C(=O)N(C)C)nn3)CC2)cc1. The number of aryl methyl sites for hydroxylation is 1. The lowest BCUT2D eigenvalue weighted by atomic mass is 9.91. The molecule has 4 rings (SSSR count). The van der Waals surface area contributed by atoms with Crippen LogP contribution in [-0.4, -0.2) is 70.4 Å². The Morgan fingerprint density at radius 1 is 1.19 bits per heavy atom. The lowest BCUT2D eigenvalue weighted by Gasteiger charge is -2.38. The highest BCUT2D eigenvalue weighted by Crippen LogP contribution is 2.50. The van der Waals surface area contributed by atoms with Crippen LogP contribution in [0.1, 0.15) is 54.6 Å². The lowest BCUT2D eigenvalue weighted by Crippen LogP contribution is -2.48. The van der Waals surface area contributed by atoms with Crippen LogP contribution >= 0.6 is 0 Å². The van der Waals surface area contributed by atoms with Crippen LogP contribution < -0.4 is 4.74 Å². The van der Waals surface area contributed by atoms with E-state index in [2.05, 4.69) is 15.2 Å². The summed E-state index contributed by atoms with van der Waals surface area (Å²) >= 11 is 0. The number of nitrogens with zero attached hydrogens (tertiary/aromatic N) is 5. The lowest BCUT2D eigenvalue weighted by molar-refractivity contribution is -0.138. The van der Waals surface area contributed by atoms with Crippen molar-refractivity contribution in [1.29, 1.82) is 0 Å². The molecule has 2 aromatic rings. The minimum absolute atomic E-state index is 0.157. The molecule has 2 aliphatic rings. The van der Waals surface area contributed by atoms with E-state index < -0.39 is 0 Å². The number of carbonyl (C=O) groups is 2. The van der Waals surface area contributed by atoms with Gasteiger partial charge in [0, 0.05) is 33.2 Å². The molecule has 1 aliphatic heterocycles. The molecule has 0 radical (unpaired) electrons. The molecule has 1 aliphatic carbocycles. The second-order valence-corrected chi connectivity index (χ2v) is 8.81. The van der Waals surface area contributed by atoms with E-state index in [9.17, 15) is 9.59 Å². The molecule has 0 spiro atoms. The van der Waals surface area contributed by atoms with Crippen molar-refractivity contribution in [2.75, 3.05) is 27.7 Å². The number of hydrogen-bond acceptors (Lipinski definition) is 5. The van der Waals surface area contributed by atoms with Crippen LogP contribution in [0.25, 0.3) is 0 Å². The Morgan fingerprint density at radius 2 is 1.94 bits per heavy atom. The third-order valence-electron chi connectivity index (χ3n) is 6.55. The summed E-state index contributed by atoms with van der Waals surface area (Å²) in [6.07, 6.45) is 7.49. The van der Waals surface area contributed by atoms with Gasteiger partial charge in [-0.2, -0.15) is 0 Å². The van der Waals surface area contributed by atoms with Crippen LogP contribution in [0.4, 0.5) is 0 Å². The highest BCUT2D eigenvalue weighted by molar-refractivity contribution is 5.92. The molecule has 1 unspecified atom stereocenters. The van der Waals surface area contributed by atoms with Gasteiger partial charge in [0.15, 0.2) is 5.69 Å². The van der Waals surface area contributed by atoms with E-state index in [1.807, 2.05) is 24.3 Å². The van der Waals surface area contributed by atoms with Crippen LogP contribution in [0, 0.1) is 0 Å². The van der Waals surface area contributed by atoms with Crippen molar-refractivity contribution in [2.24, 2.45) is 0 Å². The average Bonchev–Trinajstić information content (AvgIpc) is 3.48. The maximum Gasteiger partial charge on any atom is 0.275 e. The summed E-state index contributed by atoms with van der Waals surface area (Å²) in [6, 6.07) is 8.12. The topological polar surface area (TPSA) is 80.6 Å². The van der Waals surface area contributed by atoms with Crippen molar-refractivity contribution < 1.29 is 14.3 Å². The molecule has 8 heteroatoms. The van der Waals surface area contributed by atoms with Crippen molar-refractivity contribution >= 4 is 11.8 Å². The number of aromatic nitrogens is 3. The van der Waals surface area contributed by atoms with Gasteiger partial charge in [0.25, 0.3) is 5.91 Å².